The summed E-state index contributed by atoms with van der Waals surface area (Å²) >= 11 is 0. The summed E-state index contributed by atoms with van der Waals surface area (Å²) in [5, 5.41) is 0. The second kappa shape index (κ2) is 5.57. The van der Waals surface area contributed by atoms with Crippen LogP contribution in [0.15, 0.2) is 24.4 Å². The minimum absolute atomic E-state index is 0.0892. The van der Waals surface area contributed by atoms with E-state index < -0.39 is 17.5 Å². The smallest absolute Gasteiger partial charge is 0.315 e. The number of rotatable bonds is 4. The molecule has 0 aliphatic rings. The maximum Gasteiger partial charge on any atom is 0.315 e. The Hall–Kier alpha value is -1.71. The molecule has 1 unspecified atom stereocenters. The van der Waals surface area contributed by atoms with Crippen molar-refractivity contribution < 1.29 is 14.3 Å². The first-order chi connectivity index (χ1) is 7.94. The van der Waals surface area contributed by atoms with Crippen LogP contribution in [-0.2, 0) is 14.3 Å². The maximum atomic E-state index is 11.9. The fourth-order valence-corrected chi connectivity index (χ4v) is 1.39. The first kappa shape index (κ1) is 13.4. The van der Waals surface area contributed by atoms with Gasteiger partial charge in [0.05, 0.1) is 5.69 Å². The van der Waals surface area contributed by atoms with E-state index in [-0.39, 0.29) is 6.42 Å². The Morgan fingerprint density at radius 1 is 1.47 bits per heavy atom. The Bertz CT molecular complexity index is 381. The molecular weight excluding hydrogens is 218 g/mol. The third-order valence-electron chi connectivity index (χ3n) is 2.07. The Labute approximate surface area is 101 Å². The molecule has 1 rings (SSSR count). The number of esters is 1. The lowest BCUT2D eigenvalue weighted by Gasteiger charge is -2.22. The highest BCUT2D eigenvalue weighted by Crippen LogP contribution is 2.21. The number of hydrogen-bond donors (Lipinski definition) is 0. The molecule has 0 saturated carbocycles. The molecular formula is C13H17NO3. The minimum atomic E-state index is -0.618. The molecule has 1 aromatic rings. The van der Waals surface area contributed by atoms with Crippen molar-refractivity contribution in [2.45, 2.75) is 38.7 Å². The van der Waals surface area contributed by atoms with Crippen LogP contribution in [0.3, 0.4) is 0 Å². The Morgan fingerprint density at radius 2 is 2.18 bits per heavy atom. The highest BCUT2D eigenvalue weighted by atomic mass is 16.6. The number of nitrogens with zero attached hydrogens (tertiary/aromatic N) is 1. The molecule has 0 aromatic carbocycles. The van der Waals surface area contributed by atoms with Crippen molar-refractivity contribution in [3.63, 3.8) is 0 Å². The second-order valence-electron chi connectivity index (χ2n) is 4.74. The monoisotopic (exact) mass is 235 g/mol. The van der Waals surface area contributed by atoms with E-state index in [4.69, 9.17) is 4.74 Å². The van der Waals surface area contributed by atoms with E-state index in [2.05, 4.69) is 4.98 Å². The molecule has 0 amide bonds. The van der Waals surface area contributed by atoms with E-state index in [1.807, 2.05) is 0 Å². The fourth-order valence-electron chi connectivity index (χ4n) is 1.39. The number of aromatic nitrogens is 1. The lowest BCUT2D eigenvalue weighted by molar-refractivity contribution is -0.157. The highest BCUT2D eigenvalue weighted by molar-refractivity contribution is 5.80. The SMILES string of the molecule is CC(C)(C)OC(=O)C(CC=O)c1ccccn1. The predicted molar refractivity (Wildman–Crippen MR) is 63.5 cm³/mol. The summed E-state index contributed by atoms with van der Waals surface area (Å²) in [4.78, 5) is 26.6. The number of pyridine rings is 1. The van der Waals surface area contributed by atoms with Crippen LogP contribution >= 0.6 is 0 Å². The van der Waals surface area contributed by atoms with E-state index in [1.54, 1.807) is 45.2 Å². The Morgan fingerprint density at radius 3 is 2.65 bits per heavy atom. The average Bonchev–Trinajstić information content (AvgIpc) is 2.24. The minimum Gasteiger partial charge on any atom is -0.459 e. The van der Waals surface area contributed by atoms with Crippen molar-refractivity contribution >= 4 is 12.3 Å². The van der Waals surface area contributed by atoms with E-state index in [0.717, 1.165) is 0 Å². The van der Waals surface area contributed by atoms with Crippen LogP contribution in [0.1, 0.15) is 38.8 Å². The van der Waals surface area contributed by atoms with Crippen LogP contribution in [0.4, 0.5) is 0 Å². The number of hydrogen-bond acceptors (Lipinski definition) is 4. The van der Waals surface area contributed by atoms with Gasteiger partial charge in [0.1, 0.15) is 17.8 Å². The summed E-state index contributed by atoms with van der Waals surface area (Å²) in [6.07, 6.45) is 2.40. The lowest BCUT2D eigenvalue weighted by atomic mass is 10.0. The van der Waals surface area contributed by atoms with Gasteiger partial charge in [0, 0.05) is 12.6 Å². The third kappa shape index (κ3) is 4.34. The third-order valence-corrected chi connectivity index (χ3v) is 2.07. The first-order valence-corrected chi connectivity index (χ1v) is 5.51. The summed E-state index contributed by atoms with van der Waals surface area (Å²) < 4.78 is 5.27. The molecule has 1 atom stereocenters. The van der Waals surface area contributed by atoms with Crippen LogP contribution in [0, 0.1) is 0 Å². The van der Waals surface area contributed by atoms with Crippen molar-refractivity contribution in [2.24, 2.45) is 0 Å². The molecule has 0 saturated heterocycles. The Kier molecular flexibility index (Phi) is 4.37. The largest absolute Gasteiger partial charge is 0.459 e. The number of carbonyl (C=O) groups excluding carboxylic acids is 2. The summed E-state index contributed by atoms with van der Waals surface area (Å²) in [6, 6.07) is 5.26. The van der Waals surface area contributed by atoms with E-state index in [9.17, 15) is 9.59 Å². The molecule has 0 bridgehead atoms. The van der Waals surface area contributed by atoms with E-state index in [0.29, 0.717) is 12.0 Å². The molecule has 4 heteroatoms. The molecule has 0 radical (unpaired) electrons. The molecule has 0 aliphatic heterocycles. The average molecular weight is 235 g/mol. The predicted octanol–water partition coefficient (Wildman–Crippen LogP) is 2.10. The van der Waals surface area contributed by atoms with E-state index >= 15 is 0 Å². The molecule has 0 spiro atoms. The van der Waals surface area contributed by atoms with Crippen molar-refractivity contribution in [1.82, 2.24) is 4.98 Å². The molecule has 1 heterocycles. The zero-order chi connectivity index (χ0) is 12.9. The quantitative estimate of drug-likeness (QED) is 0.592. The molecule has 4 nitrogen and oxygen atoms in total. The summed E-state index contributed by atoms with van der Waals surface area (Å²) in [7, 11) is 0. The number of aldehydes is 1. The van der Waals surface area contributed by atoms with Crippen LogP contribution in [0.25, 0.3) is 0 Å². The van der Waals surface area contributed by atoms with Crippen LogP contribution < -0.4 is 0 Å². The zero-order valence-electron chi connectivity index (χ0n) is 10.3. The zero-order valence-corrected chi connectivity index (χ0v) is 10.3. The van der Waals surface area contributed by atoms with Crippen LogP contribution in [-0.4, -0.2) is 22.8 Å². The van der Waals surface area contributed by atoms with Crippen LogP contribution in [0.2, 0.25) is 0 Å². The highest BCUT2D eigenvalue weighted by Gasteiger charge is 2.27. The molecule has 0 fully saturated rings. The van der Waals surface area contributed by atoms with Crippen molar-refractivity contribution in [3.05, 3.63) is 30.1 Å². The van der Waals surface area contributed by atoms with Crippen LogP contribution in [0.5, 0.6) is 0 Å². The summed E-state index contributed by atoms with van der Waals surface area (Å²) in [5.74, 6) is -1.03. The topological polar surface area (TPSA) is 56.3 Å². The van der Waals surface area contributed by atoms with Crippen molar-refractivity contribution in [3.8, 4) is 0 Å². The van der Waals surface area contributed by atoms with Gasteiger partial charge in [-0.2, -0.15) is 0 Å². The van der Waals surface area contributed by atoms with Gasteiger partial charge < -0.3 is 9.53 Å². The molecule has 0 N–H and O–H groups in total. The van der Waals surface area contributed by atoms with Gasteiger partial charge >= 0.3 is 5.97 Å². The van der Waals surface area contributed by atoms with E-state index in [1.165, 1.54) is 0 Å². The van der Waals surface area contributed by atoms with Crippen molar-refractivity contribution in [1.29, 1.82) is 0 Å². The van der Waals surface area contributed by atoms with Gasteiger partial charge in [-0.15, -0.1) is 0 Å². The first-order valence-electron chi connectivity index (χ1n) is 5.51. The van der Waals surface area contributed by atoms with Gasteiger partial charge in [0.2, 0.25) is 0 Å². The molecule has 17 heavy (non-hydrogen) atoms. The van der Waals surface area contributed by atoms with Gasteiger partial charge in [-0.3, -0.25) is 9.78 Å². The second-order valence-corrected chi connectivity index (χ2v) is 4.74. The normalized spacial score (nSPS) is 12.9. The number of ether oxygens (including phenoxy) is 1. The van der Waals surface area contributed by atoms with Crippen molar-refractivity contribution in [2.75, 3.05) is 0 Å². The lowest BCUT2D eigenvalue weighted by Crippen LogP contribution is -2.28. The number of carbonyl (C=O) groups is 2. The standard InChI is InChI=1S/C13H17NO3/c1-13(2,3)17-12(16)10(7-9-15)11-6-4-5-8-14-11/h4-6,8-10H,7H2,1-3H3. The molecule has 0 aliphatic carbocycles. The van der Waals surface area contributed by atoms with Gasteiger partial charge in [-0.25, -0.2) is 0 Å². The molecule has 92 valence electrons. The van der Waals surface area contributed by atoms with Gasteiger partial charge in [-0.1, -0.05) is 6.07 Å². The van der Waals surface area contributed by atoms with Gasteiger partial charge in [0.25, 0.3) is 0 Å². The maximum absolute atomic E-state index is 11.9. The summed E-state index contributed by atoms with van der Waals surface area (Å²) in [6.45, 7) is 5.38. The van der Waals surface area contributed by atoms with Gasteiger partial charge in [0.15, 0.2) is 0 Å². The van der Waals surface area contributed by atoms with Gasteiger partial charge in [-0.05, 0) is 32.9 Å². The summed E-state index contributed by atoms with van der Waals surface area (Å²) in [5.41, 5.74) is 0.00125. The molecule has 1 aromatic heterocycles. The Balaban J connectivity index is 2.87. The fraction of sp³-hybridized carbons (Fsp3) is 0.462.